The molecule has 0 aliphatic heterocycles. The quantitative estimate of drug-likeness (QED) is 0.131. The van der Waals surface area contributed by atoms with Gasteiger partial charge in [0.1, 0.15) is 12.4 Å². The molecule has 0 aliphatic rings. The standard InChI is InChI=1S/C28H55N2/c1-4-6-8-10-12-14-16-18-20-22-24-28-29(3)26-27-30(28)25-23-21-19-17-15-13-11-9-7-5-2/h26-27H,4-25H2,1-3H3/q+1. The minimum atomic E-state index is 1.21. The van der Waals surface area contributed by atoms with Crippen LogP contribution in [-0.4, -0.2) is 4.57 Å². The van der Waals surface area contributed by atoms with Crippen molar-refractivity contribution in [1.29, 1.82) is 0 Å². The fraction of sp³-hybridized carbons (Fsp3) is 0.893. The van der Waals surface area contributed by atoms with Crippen LogP contribution in [0.15, 0.2) is 12.4 Å². The molecule has 2 heteroatoms. The molecule has 0 aliphatic carbocycles. The Kier molecular flexibility index (Phi) is 18.3. The summed E-state index contributed by atoms with van der Waals surface area (Å²) in [5.74, 6) is 1.53. The number of rotatable bonds is 22. The van der Waals surface area contributed by atoms with E-state index < -0.39 is 0 Å². The van der Waals surface area contributed by atoms with Gasteiger partial charge in [-0.2, -0.15) is 0 Å². The first kappa shape index (κ1) is 27.2. The minimum Gasteiger partial charge on any atom is -0.237 e. The molecule has 0 unspecified atom stereocenters. The van der Waals surface area contributed by atoms with Gasteiger partial charge < -0.3 is 0 Å². The van der Waals surface area contributed by atoms with Crippen molar-refractivity contribution < 1.29 is 4.57 Å². The summed E-state index contributed by atoms with van der Waals surface area (Å²) in [6.07, 6.45) is 34.2. The molecular weight excluding hydrogens is 364 g/mol. The first-order chi connectivity index (χ1) is 14.8. The zero-order valence-electron chi connectivity index (χ0n) is 21.1. The van der Waals surface area contributed by atoms with Crippen LogP contribution in [0.2, 0.25) is 0 Å². The van der Waals surface area contributed by atoms with Crippen LogP contribution in [0.25, 0.3) is 0 Å². The van der Waals surface area contributed by atoms with Gasteiger partial charge in [0.2, 0.25) is 0 Å². The summed E-state index contributed by atoms with van der Waals surface area (Å²) in [5.41, 5.74) is 0. The van der Waals surface area contributed by atoms with E-state index in [0.717, 1.165) is 0 Å². The molecule has 0 atom stereocenters. The Balaban J connectivity index is 2.03. The number of nitrogens with zero attached hydrogens (tertiary/aromatic N) is 2. The number of aryl methyl sites for hydroxylation is 2. The van der Waals surface area contributed by atoms with Crippen molar-refractivity contribution in [3.8, 4) is 0 Å². The third-order valence-electron chi connectivity index (χ3n) is 6.72. The molecule has 0 fully saturated rings. The van der Waals surface area contributed by atoms with Gasteiger partial charge in [-0.3, -0.25) is 0 Å². The van der Waals surface area contributed by atoms with Crippen molar-refractivity contribution in [2.45, 2.75) is 155 Å². The van der Waals surface area contributed by atoms with E-state index in [2.05, 4.69) is 42.4 Å². The van der Waals surface area contributed by atoms with Crippen LogP contribution in [0, 0.1) is 0 Å². The van der Waals surface area contributed by atoms with Crippen LogP contribution in [0.4, 0.5) is 0 Å². The van der Waals surface area contributed by atoms with E-state index in [9.17, 15) is 0 Å². The Morgan fingerprint density at radius 1 is 0.567 bits per heavy atom. The summed E-state index contributed by atoms with van der Waals surface area (Å²) in [4.78, 5) is 0. The molecule has 1 rings (SSSR count). The molecule has 176 valence electrons. The minimum absolute atomic E-state index is 1.21. The molecule has 2 nitrogen and oxygen atoms in total. The first-order valence-corrected chi connectivity index (χ1v) is 13.8. The number of hydrogen-bond acceptors (Lipinski definition) is 0. The summed E-state index contributed by atoms with van der Waals surface area (Å²) in [7, 11) is 2.22. The van der Waals surface area contributed by atoms with Gasteiger partial charge in [0.25, 0.3) is 5.82 Å². The van der Waals surface area contributed by atoms with Crippen LogP contribution in [0.5, 0.6) is 0 Å². The molecule has 0 N–H and O–H groups in total. The van der Waals surface area contributed by atoms with E-state index in [1.807, 2.05) is 0 Å². The SMILES string of the molecule is CCCCCCCCCCCCc1n(CCCCCCCCCCCC)cc[n+]1C. The summed E-state index contributed by atoms with van der Waals surface area (Å²) in [6.45, 7) is 5.81. The van der Waals surface area contributed by atoms with Crippen molar-refractivity contribution in [2.75, 3.05) is 0 Å². The molecule has 0 bridgehead atoms. The number of imidazole rings is 1. The highest BCUT2D eigenvalue weighted by atomic mass is 15.1. The normalized spacial score (nSPS) is 11.4. The van der Waals surface area contributed by atoms with Gasteiger partial charge in [-0.05, 0) is 19.3 Å². The summed E-state index contributed by atoms with van der Waals surface area (Å²) >= 11 is 0. The van der Waals surface area contributed by atoms with E-state index in [1.54, 1.807) is 0 Å². The van der Waals surface area contributed by atoms with Gasteiger partial charge in [-0.15, -0.1) is 0 Å². The Labute approximate surface area is 189 Å². The summed E-state index contributed by atoms with van der Waals surface area (Å²) in [6, 6.07) is 0. The molecule has 1 heterocycles. The molecule has 0 radical (unpaired) electrons. The molecule has 0 saturated heterocycles. The molecule has 1 aromatic rings. The van der Waals surface area contributed by atoms with Gasteiger partial charge in [0.05, 0.1) is 13.6 Å². The molecule has 0 spiro atoms. The topological polar surface area (TPSA) is 8.81 Å². The van der Waals surface area contributed by atoms with Crippen LogP contribution < -0.4 is 4.57 Å². The average molecular weight is 420 g/mol. The Morgan fingerprint density at radius 3 is 1.43 bits per heavy atom. The first-order valence-electron chi connectivity index (χ1n) is 13.8. The maximum Gasteiger partial charge on any atom is 0.256 e. The van der Waals surface area contributed by atoms with Crippen molar-refractivity contribution in [1.82, 2.24) is 4.57 Å². The van der Waals surface area contributed by atoms with Gasteiger partial charge in [-0.25, -0.2) is 9.13 Å². The van der Waals surface area contributed by atoms with E-state index in [0.29, 0.717) is 0 Å². The lowest BCUT2D eigenvalue weighted by Gasteiger charge is -2.05. The highest BCUT2D eigenvalue weighted by Crippen LogP contribution is 2.13. The lowest BCUT2D eigenvalue weighted by Crippen LogP contribution is -2.32. The van der Waals surface area contributed by atoms with E-state index in [1.165, 1.54) is 147 Å². The number of unbranched alkanes of at least 4 members (excludes halogenated alkanes) is 18. The monoisotopic (exact) mass is 419 g/mol. The van der Waals surface area contributed by atoms with Crippen LogP contribution >= 0.6 is 0 Å². The lowest BCUT2D eigenvalue weighted by molar-refractivity contribution is -0.678. The van der Waals surface area contributed by atoms with E-state index in [-0.39, 0.29) is 0 Å². The predicted octanol–water partition coefficient (Wildman–Crippen LogP) is 8.70. The van der Waals surface area contributed by atoms with Crippen LogP contribution in [0.3, 0.4) is 0 Å². The lowest BCUT2D eigenvalue weighted by atomic mass is 10.1. The second-order valence-corrected chi connectivity index (χ2v) is 9.63. The zero-order chi connectivity index (χ0) is 21.7. The van der Waals surface area contributed by atoms with Crippen molar-refractivity contribution in [2.24, 2.45) is 7.05 Å². The Morgan fingerprint density at radius 2 is 0.967 bits per heavy atom. The molecule has 0 amide bonds. The van der Waals surface area contributed by atoms with Crippen LogP contribution in [-0.2, 0) is 20.0 Å². The highest BCUT2D eigenvalue weighted by Gasteiger charge is 2.13. The zero-order valence-corrected chi connectivity index (χ0v) is 21.1. The van der Waals surface area contributed by atoms with Crippen molar-refractivity contribution >= 4 is 0 Å². The average Bonchev–Trinajstić information content (AvgIpc) is 3.10. The van der Waals surface area contributed by atoms with Gasteiger partial charge in [-0.1, -0.05) is 123 Å². The van der Waals surface area contributed by atoms with Crippen LogP contribution in [0.1, 0.15) is 148 Å². The molecule has 0 aromatic carbocycles. The van der Waals surface area contributed by atoms with Gasteiger partial charge >= 0.3 is 0 Å². The smallest absolute Gasteiger partial charge is 0.237 e. The number of hydrogen-bond donors (Lipinski definition) is 0. The molecular formula is C28H55N2+. The van der Waals surface area contributed by atoms with E-state index >= 15 is 0 Å². The van der Waals surface area contributed by atoms with Gasteiger partial charge in [0, 0.05) is 6.42 Å². The van der Waals surface area contributed by atoms with E-state index in [4.69, 9.17) is 0 Å². The fourth-order valence-corrected chi connectivity index (χ4v) is 4.62. The fourth-order valence-electron chi connectivity index (χ4n) is 4.62. The third-order valence-corrected chi connectivity index (χ3v) is 6.72. The maximum absolute atomic E-state index is 2.53. The third kappa shape index (κ3) is 14.3. The second-order valence-electron chi connectivity index (χ2n) is 9.63. The second kappa shape index (κ2) is 20.1. The summed E-state index contributed by atoms with van der Waals surface area (Å²) < 4.78 is 4.88. The summed E-state index contributed by atoms with van der Waals surface area (Å²) in [5, 5.41) is 0. The maximum atomic E-state index is 2.53. The van der Waals surface area contributed by atoms with Gasteiger partial charge in [0.15, 0.2) is 0 Å². The number of aromatic nitrogens is 2. The highest BCUT2D eigenvalue weighted by molar-refractivity contribution is 4.84. The molecule has 1 aromatic heterocycles. The van der Waals surface area contributed by atoms with Crippen molar-refractivity contribution in [3.63, 3.8) is 0 Å². The molecule has 30 heavy (non-hydrogen) atoms. The predicted molar refractivity (Wildman–Crippen MR) is 133 cm³/mol. The largest absolute Gasteiger partial charge is 0.256 e. The Bertz CT molecular complexity index is 477. The molecule has 0 saturated carbocycles. The Hall–Kier alpha value is -0.790. The van der Waals surface area contributed by atoms with Crippen molar-refractivity contribution in [3.05, 3.63) is 18.2 Å².